The highest BCUT2D eigenvalue weighted by Gasteiger charge is 2.40. The SMILES string of the molecule is CCOC(=O)C1(C)CNC(c2nccc(OCCOCCOC)c2O)=N1. The standard InChI is InChI=1S/C17H25N3O6/c1-4-25-16(22)17(2)11-19-15(20-17)13-14(21)12(5-6-18-13)26-10-9-24-8-7-23-3/h5-6,21H,4,7-11H2,1-3H3,(H,19,20). The quantitative estimate of drug-likeness (QED) is 0.454. The van der Waals surface area contributed by atoms with Crippen LogP contribution in [0.2, 0.25) is 0 Å². The van der Waals surface area contributed by atoms with E-state index < -0.39 is 11.5 Å². The fourth-order valence-corrected chi connectivity index (χ4v) is 2.30. The summed E-state index contributed by atoms with van der Waals surface area (Å²) in [7, 11) is 1.60. The Morgan fingerprint density at radius 3 is 2.85 bits per heavy atom. The molecule has 1 unspecified atom stereocenters. The second-order valence-electron chi connectivity index (χ2n) is 5.77. The summed E-state index contributed by atoms with van der Waals surface area (Å²) in [5.74, 6) is 0.00535. The molecule has 2 rings (SSSR count). The average Bonchev–Trinajstić information content (AvgIpc) is 3.03. The lowest BCUT2D eigenvalue weighted by molar-refractivity contribution is -0.148. The van der Waals surface area contributed by atoms with Gasteiger partial charge in [-0.15, -0.1) is 0 Å². The molecule has 9 nitrogen and oxygen atoms in total. The number of rotatable bonds is 10. The van der Waals surface area contributed by atoms with Crippen molar-refractivity contribution >= 4 is 11.8 Å². The second-order valence-corrected chi connectivity index (χ2v) is 5.77. The third-order valence-electron chi connectivity index (χ3n) is 3.70. The van der Waals surface area contributed by atoms with E-state index >= 15 is 0 Å². The van der Waals surface area contributed by atoms with Crippen molar-refractivity contribution in [3.63, 3.8) is 0 Å². The largest absolute Gasteiger partial charge is 0.503 e. The van der Waals surface area contributed by atoms with Crippen molar-refractivity contribution in [3.8, 4) is 11.5 Å². The van der Waals surface area contributed by atoms with Crippen molar-refractivity contribution in [2.75, 3.05) is 46.7 Å². The number of pyridine rings is 1. The van der Waals surface area contributed by atoms with Gasteiger partial charge in [0.05, 0.1) is 33.0 Å². The number of aromatic nitrogens is 1. The topological polar surface area (TPSA) is 112 Å². The first-order valence-electron chi connectivity index (χ1n) is 8.40. The number of aromatic hydroxyl groups is 1. The van der Waals surface area contributed by atoms with E-state index in [1.807, 2.05) is 0 Å². The third kappa shape index (κ3) is 4.83. The fraction of sp³-hybridized carbons (Fsp3) is 0.588. The highest BCUT2D eigenvalue weighted by Crippen LogP contribution is 2.30. The maximum atomic E-state index is 12.0. The molecule has 1 aromatic rings. The molecule has 0 saturated heterocycles. The number of esters is 1. The van der Waals surface area contributed by atoms with Gasteiger partial charge in [-0.05, 0) is 13.8 Å². The molecule has 0 fully saturated rings. The highest BCUT2D eigenvalue weighted by molar-refractivity contribution is 6.04. The van der Waals surface area contributed by atoms with Crippen molar-refractivity contribution in [2.45, 2.75) is 19.4 Å². The van der Waals surface area contributed by atoms with Crippen LogP contribution in [0.25, 0.3) is 0 Å². The molecule has 26 heavy (non-hydrogen) atoms. The Labute approximate surface area is 152 Å². The number of amidine groups is 1. The van der Waals surface area contributed by atoms with E-state index in [9.17, 15) is 9.90 Å². The van der Waals surface area contributed by atoms with Crippen LogP contribution in [0, 0.1) is 0 Å². The summed E-state index contributed by atoms with van der Waals surface area (Å²) >= 11 is 0. The van der Waals surface area contributed by atoms with Crippen LogP contribution in [-0.4, -0.2) is 74.1 Å². The van der Waals surface area contributed by atoms with Crippen LogP contribution in [0.4, 0.5) is 0 Å². The van der Waals surface area contributed by atoms with Gasteiger partial charge in [0.25, 0.3) is 0 Å². The summed E-state index contributed by atoms with van der Waals surface area (Å²) in [5.41, 5.74) is -0.832. The number of aliphatic imine (C=N–C) groups is 1. The zero-order chi connectivity index (χ0) is 19.0. The minimum Gasteiger partial charge on any atom is -0.503 e. The second kappa shape index (κ2) is 9.35. The lowest BCUT2D eigenvalue weighted by Crippen LogP contribution is -2.39. The number of ether oxygens (including phenoxy) is 4. The molecular weight excluding hydrogens is 342 g/mol. The number of nitrogens with one attached hydrogen (secondary N) is 1. The van der Waals surface area contributed by atoms with Gasteiger partial charge < -0.3 is 29.4 Å². The van der Waals surface area contributed by atoms with Gasteiger partial charge in [0.15, 0.2) is 28.6 Å². The Balaban J connectivity index is 2.03. The first-order chi connectivity index (χ1) is 12.5. The number of hydrogen-bond donors (Lipinski definition) is 2. The fourth-order valence-electron chi connectivity index (χ4n) is 2.30. The van der Waals surface area contributed by atoms with Crippen LogP contribution in [-0.2, 0) is 19.0 Å². The van der Waals surface area contributed by atoms with Crippen LogP contribution in [0.15, 0.2) is 17.3 Å². The van der Waals surface area contributed by atoms with Gasteiger partial charge in [-0.1, -0.05) is 0 Å². The zero-order valence-corrected chi connectivity index (χ0v) is 15.3. The molecule has 1 aliphatic rings. The summed E-state index contributed by atoms with van der Waals surface area (Å²) in [4.78, 5) is 20.5. The van der Waals surface area contributed by atoms with Crippen molar-refractivity contribution in [1.82, 2.24) is 10.3 Å². The molecular formula is C17H25N3O6. The zero-order valence-electron chi connectivity index (χ0n) is 15.3. The third-order valence-corrected chi connectivity index (χ3v) is 3.70. The first-order valence-corrected chi connectivity index (χ1v) is 8.40. The summed E-state index contributed by atoms with van der Waals surface area (Å²) in [6, 6.07) is 1.55. The van der Waals surface area contributed by atoms with Crippen LogP contribution in [0.3, 0.4) is 0 Å². The summed E-state index contributed by atoms with van der Waals surface area (Å²) in [6.07, 6.45) is 1.50. The van der Waals surface area contributed by atoms with Gasteiger partial charge in [-0.25, -0.2) is 14.8 Å². The minimum atomic E-state index is -1.05. The number of methoxy groups -OCH3 is 1. The van der Waals surface area contributed by atoms with E-state index in [4.69, 9.17) is 18.9 Å². The van der Waals surface area contributed by atoms with Crippen molar-refractivity contribution in [2.24, 2.45) is 4.99 Å². The molecule has 1 aliphatic heterocycles. The van der Waals surface area contributed by atoms with Crippen molar-refractivity contribution in [1.29, 1.82) is 0 Å². The predicted octanol–water partition coefficient (Wildman–Crippen LogP) is 0.501. The summed E-state index contributed by atoms with van der Waals surface area (Å²) in [6.45, 7) is 5.55. The molecule has 0 aromatic carbocycles. The van der Waals surface area contributed by atoms with Crippen LogP contribution >= 0.6 is 0 Å². The van der Waals surface area contributed by atoms with Gasteiger partial charge in [-0.3, -0.25) is 0 Å². The molecule has 1 atom stereocenters. The lowest BCUT2D eigenvalue weighted by Gasteiger charge is -2.16. The molecule has 1 aromatic heterocycles. The number of carbonyl (C=O) groups excluding carboxylic acids is 1. The van der Waals surface area contributed by atoms with Crippen LogP contribution < -0.4 is 10.1 Å². The highest BCUT2D eigenvalue weighted by atomic mass is 16.5. The molecule has 144 valence electrons. The van der Waals surface area contributed by atoms with Gasteiger partial charge >= 0.3 is 5.97 Å². The average molecular weight is 367 g/mol. The van der Waals surface area contributed by atoms with E-state index in [0.29, 0.717) is 25.7 Å². The molecule has 9 heteroatoms. The molecule has 0 aliphatic carbocycles. The molecule has 0 amide bonds. The minimum absolute atomic E-state index is 0.149. The van der Waals surface area contributed by atoms with Crippen molar-refractivity contribution in [3.05, 3.63) is 18.0 Å². The van der Waals surface area contributed by atoms with Crippen molar-refractivity contribution < 1.29 is 28.8 Å². The Hall–Kier alpha value is -2.39. The Bertz CT molecular complexity index is 651. The molecule has 2 heterocycles. The summed E-state index contributed by atoms with van der Waals surface area (Å²) < 4.78 is 20.8. The molecule has 2 N–H and O–H groups in total. The van der Waals surface area contributed by atoms with E-state index in [1.54, 1.807) is 27.0 Å². The molecule has 0 bridgehead atoms. The maximum Gasteiger partial charge on any atom is 0.335 e. The smallest absolute Gasteiger partial charge is 0.335 e. The van der Waals surface area contributed by atoms with E-state index in [1.165, 1.54) is 6.20 Å². The van der Waals surface area contributed by atoms with Gasteiger partial charge in [-0.2, -0.15) is 0 Å². The monoisotopic (exact) mass is 367 g/mol. The molecule has 0 radical (unpaired) electrons. The van der Waals surface area contributed by atoms with E-state index in [2.05, 4.69) is 15.3 Å². The number of hydrogen-bond acceptors (Lipinski definition) is 9. The van der Waals surface area contributed by atoms with Crippen LogP contribution in [0.5, 0.6) is 11.5 Å². The Kier molecular flexibility index (Phi) is 7.16. The first kappa shape index (κ1) is 19.9. The molecule has 0 spiro atoms. The summed E-state index contributed by atoms with van der Waals surface area (Å²) in [5, 5.41) is 13.4. The number of nitrogens with zero attached hydrogens (tertiary/aromatic N) is 2. The Morgan fingerprint density at radius 2 is 2.12 bits per heavy atom. The van der Waals surface area contributed by atoms with Gasteiger partial charge in [0.2, 0.25) is 0 Å². The maximum absolute atomic E-state index is 12.0. The predicted molar refractivity (Wildman–Crippen MR) is 93.7 cm³/mol. The van der Waals surface area contributed by atoms with E-state index in [0.717, 1.165) is 0 Å². The van der Waals surface area contributed by atoms with Gasteiger partial charge in [0.1, 0.15) is 6.61 Å². The van der Waals surface area contributed by atoms with Crippen LogP contribution in [0.1, 0.15) is 19.5 Å². The lowest BCUT2D eigenvalue weighted by atomic mass is 10.1. The van der Waals surface area contributed by atoms with Gasteiger partial charge in [0, 0.05) is 19.4 Å². The number of carbonyl (C=O) groups is 1. The molecule has 0 saturated carbocycles. The normalized spacial score (nSPS) is 19.0. The van der Waals surface area contributed by atoms with E-state index in [-0.39, 0.29) is 37.0 Å². The Morgan fingerprint density at radius 1 is 1.35 bits per heavy atom.